The molecule has 4 rings (SSSR count). The molecule has 0 radical (unpaired) electrons. The van der Waals surface area contributed by atoms with E-state index in [4.69, 9.17) is 9.26 Å². The SMILES string of the molecule is CCOC1CC(Cc2nc(-c3ccc4ncccc4c3)no2)C1. The molecule has 1 aromatic carbocycles. The molecular weight excluding hydrogens is 290 g/mol. The van der Waals surface area contributed by atoms with E-state index in [9.17, 15) is 0 Å². The van der Waals surface area contributed by atoms with Crippen LogP contribution in [-0.4, -0.2) is 27.8 Å². The van der Waals surface area contributed by atoms with Gasteiger partial charge in [-0.3, -0.25) is 4.98 Å². The van der Waals surface area contributed by atoms with Crippen molar-refractivity contribution in [3.05, 3.63) is 42.4 Å². The maximum absolute atomic E-state index is 5.59. The van der Waals surface area contributed by atoms with Gasteiger partial charge in [0.2, 0.25) is 11.7 Å². The van der Waals surface area contributed by atoms with Gasteiger partial charge in [0, 0.05) is 30.2 Å². The molecule has 1 saturated carbocycles. The topological polar surface area (TPSA) is 61.0 Å². The highest BCUT2D eigenvalue weighted by Gasteiger charge is 2.31. The molecule has 118 valence electrons. The molecule has 0 unspecified atom stereocenters. The van der Waals surface area contributed by atoms with Crippen LogP contribution in [0, 0.1) is 5.92 Å². The summed E-state index contributed by atoms with van der Waals surface area (Å²) in [6, 6.07) is 9.98. The van der Waals surface area contributed by atoms with E-state index in [1.54, 1.807) is 6.20 Å². The Kier molecular flexibility index (Phi) is 3.79. The highest BCUT2D eigenvalue weighted by molar-refractivity contribution is 5.82. The lowest BCUT2D eigenvalue weighted by Gasteiger charge is -2.33. The zero-order chi connectivity index (χ0) is 15.6. The lowest BCUT2D eigenvalue weighted by Crippen LogP contribution is -2.32. The van der Waals surface area contributed by atoms with Crippen LogP contribution >= 0.6 is 0 Å². The average Bonchev–Trinajstić information content (AvgIpc) is 3.01. The molecule has 0 atom stereocenters. The fourth-order valence-electron chi connectivity index (χ4n) is 3.13. The molecule has 2 heterocycles. The maximum Gasteiger partial charge on any atom is 0.227 e. The largest absolute Gasteiger partial charge is 0.378 e. The number of ether oxygens (including phenoxy) is 1. The molecule has 5 heteroatoms. The molecule has 23 heavy (non-hydrogen) atoms. The molecule has 1 fully saturated rings. The van der Waals surface area contributed by atoms with E-state index in [0.717, 1.165) is 42.3 Å². The van der Waals surface area contributed by atoms with Crippen molar-refractivity contribution in [2.24, 2.45) is 5.92 Å². The summed E-state index contributed by atoms with van der Waals surface area (Å²) in [6.07, 6.45) is 5.23. The van der Waals surface area contributed by atoms with E-state index in [1.165, 1.54) is 0 Å². The van der Waals surface area contributed by atoms with Gasteiger partial charge in [-0.2, -0.15) is 4.98 Å². The zero-order valence-corrected chi connectivity index (χ0v) is 13.1. The van der Waals surface area contributed by atoms with Gasteiger partial charge in [0.25, 0.3) is 0 Å². The van der Waals surface area contributed by atoms with Gasteiger partial charge in [0.05, 0.1) is 11.6 Å². The average molecular weight is 309 g/mol. The second-order valence-corrected chi connectivity index (χ2v) is 6.04. The van der Waals surface area contributed by atoms with E-state index in [1.807, 2.05) is 37.3 Å². The van der Waals surface area contributed by atoms with Gasteiger partial charge in [-0.1, -0.05) is 11.2 Å². The molecular formula is C18H19N3O2. The second-order valence-electron chi connectivity index (χ2n) is 6.04. The van der Waals surface area contributed by atoms with Crippen molar-refractivity contribution < 1.29 is 9.26 Å². The smallest absolute Gasteiger partial charge is 0.227 e. The summed E-state index contributed by atoms with van der Waals surface area (Å²) in [5.74, 6) is 1.96. The Morgan fingerprint density at radius 1 is 1.26 bits per heavy atom. The summed E-state index contributed by atoms with van der Waals surface area (Å²) < 4.78 is 11.0. The Morgan fingerprint density at radius 2 is 2.17 bits per heavy atom. The van der Waals surface area contributed by atoms with Gasteiger partial charge >= 0.3 is 0 Å². The molecule has 0 amide bonds. The predicted octanol–water partition coefficient (Wildman–Crippen LogP) is 3.64. The Hall–Kier alpha value is -2.27. The number of nitrogens with zero attached hydrogens (tertiary/aromatic N) is 3. The van der Waals surface area contributed by atoms with Crippen molar-refractivity contribution in [3.8, 4) is 11.4 Å². The van der Waals surface area contributed by atoms with E-state index < -0.39 is 0 Å². The summed E-state index contributed by atoms with van der Waals surface area (Å²) in [5, 5.41) is 5.20. The first-order valence-corrected chi connectivity index (χ1v) is 8.11. The number of fused-ring (bicyclic) bond motifs is 1. The molecule has 0 N–H and O–H groups in total. The van der Waals surface area contributed by atoms with Crippen molar-refractivity contribution in [3.63, 3.8) is 0 Å². The van der Waals surface area contributed by atoms with Crippen LogP contribution in [-0.2, 0) is 11.2 Å². The second kappa shape index (κ2) is 6.08. The van der Waals surface area contributed by atoms with Crippen molar-refractivity contribution in [2.75, 3.05) is 6.61 Å². The molecule has 1 aliphatic carbocycles. The monoisotopic (exact) mass is 309 g/mol. The Labute approximate surface area is 134 Å². The molecule has 0 spiro atoms. The minimum atomic E-state index is 0.417. The summed E-state index contributed by atoms with van der Waals surface area (Å²) in [5.41, 5.74) is 1.93. The minimum absolute atomic E-state index is 0.417. The fourth-order valence-corrected chi connectivity index (χ4v) is 3.13. The van der Waals surface area contributed by atoms with Crippen molar-refractivity contribution in [2.45, 2.75) is 32.3 Å². The third kappa shape index (κ3) is 2.97. The summed E-state index contributed by atoms with van der Waals surface area (Å²) in [6.45, 7) is 2.83. The first-order valence-electron chi connectivity index (χ1n) is 8.11. The maximum atomic E-state index is 5.59. The summed E-state index contributed by atoms with van der Waals surface area (Å²) >= 11 is 0. The molecule has 3 aromatic rings. The molecule has 1 aliphatic rings. The predicted molar refractivity (Wildman–Crippen MR) is 86.9 cm³/mol. The van der Waals surface area contributed by atoms with Crippen LogP contribution in [0.2, 0.25) is 0 Å². The number of hydrogen-bond acceptors (Lipinski definition) is 5. The van der Waals surface area contributed by atoms with Crippen molar-refractivity contribution >= 4 is 10.9 Å². The third-order valence-corrected chi connectivity index (χ3v) is 4.39. The molecule has 0 saturated heterocycles. The highest BCUT2D eigenvalue weighted by Crippen LogP contribution is 2.33. The quantitative estimate of drug-likeness (QED) is 0.720. The van der Waals surface area contributed by atoms with Crippen LogP contribution in [0.15, 0.2) is 41.1 Å². The van der Waals surface area contributed by atoms with E-state index in [-0.39, 0.29) is 0 Å². The van der Waals surface area contributed by atoms with E-state index in [0.29, 0.717) is 23.7 Å². The lowest BCUT2D eigenvalue weighted by atomic mass is 9.80. The van der Waals surface area contributed by atoms with Crippen LogP contribution in [0.25, 0.3) is 22.3 Å². The molecule has 0 aliphatic heterocycles. The van der Waals surface area contributed by atoms with Crippen molar-refractivity contribution in [1.29, 1.82) is 0 Å². The number of aromatic nitrogens is 3. The zero-order valence-electron chi connectivity index (χ0n) is 13.1. The Morgan fingerprint density at radius 3 is 3.04 bits per heavy atom. The van der Waals surface area contributed by atoms with Gasteiger partial charge in [-0.25, -0.2) is 0 Å². The number of pyridine rings is 1. The van der Waals surface area contributed by atoms with Crippen molar-refractivity contribution in [1.82, 2.24) is 15.1 Å². The molecule has 0 bridgehead atoms. The van der Waals surface area contributed by atoms with Crippen LogP contribution in [0.3, 0.4) is 0 Å². The lowest BCUT2D eigenvalue weighted by molar-refractivity contribution is -0.0258. The fraction of sp³-hybridized carbons (Fsp3) is 0.389. The first-order chi connectivity index (χ1) is 11.3. The van der Waals surface area contributed by atoms with Gasteiger partial charge in [-0.15, -0.1) is 0 Å². The first kappa shape index (κ1) is 14.3. The normalized spacial score (nSPS) is 20.6. The Bertz CT molecular complexity index is 809. The highest BCUT2D eigenvalue weighted by atomic mass is 16.5. The van der Waals surface area contributed by atoms with Crippen LogP contribution in [0.5, 0.6) is 0 Å². The van der Waals surface area contributed by atoms with E-state index in [2.05, 4.69) is 15.1 Å². The standard InChI is InChI=1S/C18H19N3O2/c1-2-22-15-8-12(9-15)10-17-20-18(21-23-17)14-5-6-16-13(11-14)4-3-7-19-16/h3-7,11-12,15H,2,8-10H2,1H3. The van der Waals surface area contributed by atoms with Crippen LogP contribution in [0.4, 0.5) is 0 Å². The van der Waals surface area contributed by atoms with Gasteiger partial charge in [0.15, 0.2) is 0 Å². The Balaban J connectivity index is 1.46. The minimum Gasteiger partial charge on any atom is -0.378 e. The summed E-state index contributed by atoms with van der Waals surface area (Å²) in [4.78, 5) is 8.87. The van der Waals surface area contributed by atoms with Gasteiger partial charge in [-0.05, 0) is 49.9 Å². The molecule has 5 nitrogen and oxygen atoms in total. The molecule has 2 aromatic heterocycles. The van der Waals surface area contributed by atoms with Crippen LogP contribution in [0.1, 0.15) is 25.7 Å². The number of hydrogen-bond donors (Lipinski definition) is 0. The van der Waals surface area contributed by atoms with Crippen LogP contribution < -0.4 is 0 Å². The van der Waals surface area contributed by atoms with E-state index >= 15 is 0 Å². The number of rotatable bonds is 5. The van der Waals surface area contributed by atoms with Gasteiger partial charge < -0.3 is 9.26 Å². The summed E-state index contributed by atoms with van der Waals surface area (Å²) in [7, 11) is 0. The third-order valence-electron chi connectivity index (χ3n) is 4.39. The number of benzene rings is 1. The van der Waals surface area contributed by atoms with Gasteiger partial charge in [0.1, 0.15) is 0 Å².